The number of hydrogen-bond acceptors (Lipinski definition) is 3. The first kappa shape index (κ1) is 25.6. The third-order valence-corrected chi connectivity index (χ3v) is 7.72. The Labute approximate surface area is 222 Å². The Morgan fingerprint density at radius 3 is 2.50 bits per heavy atom. The van der Waals surface area contributed by atoms with Gasteiger partial charge in [-0.25, -0.2) is 4.39 Å². The number of pyridine rings is 1. The van der Waals surface area contributed by atoms with E-state index < -0.39 is 5.82 Å². The van der Waals surface area contributed by atoms with Gasteiger partial charge < -0.3 is 14.8 Å². The maximum absolute atomic E-state index is 14.3. The molecule has 4 aromatic rings. The van der Waals surface area contributed by atoms with E-state index in [4.69, 9.17) is 0 Å². The van der Waals surface area contributed by atoms with Crippen LogP contribution in [-0.4, -0.2) is 45.4 Å². The predicted octanol–water partition coefficient (Wildman–Crippen LogP) is 6.10. The fourth-order valence-corrected chi connectivity index (χ4v) is 5.35. The summed E-state index contributed by atoms with van der Waals surface area (Å²) in [6, 6.07) is 15.8. The van der Waals surface area contributed by atoms with E-state index in [1.54, 1.807) is 30.4 Å². The molecule has 0 atom stereocenters. The molecule has 0 spiro atoms. The molecule has 0 saturated heterocycles. The normalized spacial score (nSPS) is 17.5. The van der Waals surface area contributed by atoms with Crippen molar-refractivity contribution in [2.45, 2.75) is 57.5 Å². The van der Waals surface area contributed by atoms with E-state index in [2.05, 4.69) is 16.5 Å². The summed E-state index contributed by atoms with van der Waals surface area (Å²) in [6.45, 7) is 3.87. The third kappa shape index (κ3) is 5.05. The van der Waals surface area contributed by atoms with Crippen molar-refractivity contribution in [3.05, 3.63) is 95.7 Å². The fourth-order valence-electron chi connectivity index (χ4n) is 5.35. The van der Waals surface area contributed by atoms with Gasteiger partial charge in [0.15, 0.2) is 0 Å². The van der Waals surface area contributed by atoms with Crippen LogP contribution in [0.15, 0.2) is 73.2 Å². The second-order valence-electron chi connectivity index (χ2n) is 10.4. The van der Waals surface area contributed by atoms with Crippen molar-refractivity contribution in [1.82, 2.24) is 19.8 Å². The maximum atomic E-state index is 14.3. The first-order valence-electron chi connectivity index (χ1n) is 13.2. The number of carbonyl (C=O) groups is 2. The summed E-state index contributed by atoms with van der Waals surface area (Å²) in [5.41, 5.74) is 3.71. The van der Waals surface area contributed by atoms with Gasteiger partial charge in [0.05, 0.1) is 23.0 Å². The molecule has 2 aromatic carbocycles. The number of fused-ring (bicyclic) bond motifs is 1. The minimum Gasteiger partial charge on any atom is -0.349 e. The summed E-state index contributed by atoms with van der Waals surface area (Å²) in [5, 5.41) is 4.27. The smallest absolute Gasteiger partial charge is 0.256 e. The first-order valence-corrected chi connectivity index (χ1v) is 13.2. The molecule has 1 aliphatic rings. The second kappa shape index (κ2) is 10.8. The van der Waals surface area contributed by atoms with Crippen molar-refractivity contribution >= 4 is 22.7 Å². The Hall–Kier alpha value is -4.00. The molecule has 0 aliphatic heterocycles. The quantitative estimate of drug-likeness (QED) is 0.339. The van der Waals surface area contributed by atoms with E-state index in [1.165, 1.54) is 17.7 Å². The Balaban J connectivity index is 1.42. The molecule has 0 radical (unpaired) electrons. The van der Waals surface area contributed by atoms with Crippen LogP contribution in [0.4, 0.5) is 4.39 Å². The number of hydrogen-bond donors (Lipinski definition) is 1. The third-order valence-electron chi connectivity index (χ3n) is 7.72. The number of aromatic nitrogens is 2. The molecule has 1 saturated carbocycles. The standard InChI is InChI=1S/C31H33FN4O2/c1-20(2)35(3)31(38)26-17-23(32)11-14-28(26)36-19-27(25-15-16-33-18-29(25)36)21-9-12-24(13-10-21)34-30(37)22-7-5-4-6-8-22/h4-8,11,14-21,24H,9-10,12-13H2,1-3H3,(H,34,37). The van der Waals surface area contributed by atoms with Crippen LogP contribution < -0.4 is 5.32 Å². The van der Waals surface area contributed by atoms with Gasteiger partial charge in [0.1, 0.15) is 5.82 Å². The molecule has 1 fully saturated rings. The summed E-state index contributed by atoms with van der Waals surface area (Å²) < 4.78 is 16.3. The lowest BCUT2D eigenvalue weighted by molar-refractivity contribution is 0.0754. The highest BCUT2D eigenvalue weighted by atomic mass is 19.1. The second-order valence-corrected chi connectivity index (χ2v) is 10.4. The van der Waals surface area contributed by atoms with Crippen LogP contribution in [-0.2, 0) is 0 Å². The molecule has 0 unspecified atom stereocenters. The number of benzene rings is 2. The van der Waals surface area contributed by atoms with Gasteiger partial charge in [-0.3, -0.25) is 14.6 Å². The zero-order valence-electron chi connectivity index (χ0n) is 22.0. The fraction of sp³-hybridized carbons (Fsp3) is 0.323. The van der Waals surface area contributed by atoms with Gasteiger partial charge in [0, 0.05) is 42.5 Å². The number of amides is 2. The van der Waals surface area contributed by atoms with Crippen molar-refractivity contribution in [3.8, 4) is 5.69 Å². The molecule has 6 nitrogen and oxygen atoms in total. The molecule has 1 N–H and O–H groups in total. The van der Waals surface area contributed by atoms with Crippen LogP contribution in [0, 0.1) is 5.82 Å². The van der Waals surface area contributed by atoms with E-state index in [0.717, 1.165) is 36.6 Å². The van der Waals surface area contributed by atoms with Crippen molar-refractivity contribution in [2.24, 2.45) is 0 Å². The predicted molar refractivity (Wildman–Crippen MR) is 147 cm³/mol. The summed E-state index contributed by atoms with van der Waals surface area (Å²) >= 11 is 0. The zero-order valence-corrected chi connectivity index (χ0v) is 22.0. The molecule has 38 heavy (non-hydrogen) atoms. The van der Waals surface area contributed by atoms with E-state index in [9.17, 15) is 14.0 Å². The van der Waals surface area contributed by atoms with Crippen molar-refractivity contribution in [3.63, 3.8) is 0 Å². The lowest BCUT2D eigenvalue weighted by Crippen LogP contribution is -2.37. The van der Waals surface area contributed by atoms with Crippen LogP contribution >= 0.6 is 0 Å². The van der Waals surface area contributed by atoms with Gasteiger partial charge >= 0.3 is 0 Å². The van der Waals surface area contributed by atoms with Gasteiger partial charge in [-0.15, -0.1) is 0 Å². The minimum absolute atomic E-state index is 0.0187. The highest BCUT2D eigenvalue weighted by Gasteiger charge is 2.28. The zero-order chi connectivity index (χ0) is 26.8. The molecule has 196 valence electrons. The van der Waals surface area contributed by atoms with Gasteiger partial charge in [-0.1, -0.05) is 18.2 Å². The Kier molecular flexibility index (Phi) is 7.27. The molecular weight excluding hydrogens is 479 g/mol. The van der Waals surface area contributed by atoms with E-state index >= 15 is 0 Å². The van der Waals surface area contributed by atoms with Gasteiger partial charge in [0.2, 0.25) is 0 Å². The number of nitrogens with zero attached hydrogens (tertiary/aromatic N) is 3. The molecule has 2 heterocycles. The van der Waals surface area contributed by atoms with E-state index in [0.29, 0.717) is 22.7 Å². The number of nitrogens with one attached hydrogen (secondary N) is 1. The van der Waals surface area contributed by atoms with Gasteiger partial charge in [-0.05, 0) is 87.4 Å². The molecule has 2 aromatic heterocycles. The average Bonchev–Trinajstić information content (AvgIpc) is 3.32. The lowest BCUT2D eigenvalue weighted by Gasteiger charge is -2.29. The monoisotopic (exact) mass is 512 g/mol. The van der Waals surface area contributed by atoms with Crippen LogP contribution in [0.25, 0.3) is 16.6 Å². The largest absolute Gasteiger partial charge is 0.349 e. The SMILES string of the molecule is CC(C)N(C)C(=O)c1cc(F)ccc1-n1cc(C2CCC(NC(=O)c3ccccc3)CC2)c2ccncc21. The summed E-state index contributed by atoms with van der Waals surface area (Å²) in [6.07, 6.45) is 9.32. The summed E-state index contributed by atoms with van der Waals surface area (Å²) in [7, 11) is 1.73. The van der Waals surface area contributed by atoms with Crippen LogP contribution in [0.3, 0.4) is 0 Å². The van der Waals surface area contributed by atoms with E-state index in [1.807, 2.05) is 54.8 Å². The number of carbonyl (C=O) groups excluding carboxylic acids is 2. The van der Waals surface area contributed by atoms with E-state index in [-0.39, 0.29) is 23.9 Å². The Morgan fingerprint density at radius 1 is 1.05 bits per heavy atom. The molecule has 7 heteroatoms. The lowest BCUT2D eigenvalue weighted by atomic mass is 9.81. The summed E-state index contributed by atoms with van der Waals surface area (Å²) in [5.74, 6) is -0.392. The number of halogens is 1. The first-order chi connectivity index (χ1) is 18.3. The molecule has 0 bridgehead atoms. The minimum atomic E-state index is -0.445. The Morgan fingerprint density at radius 2 is 1.79 bits per heavy atom. The van der Waals surface area contributed by atoms with Crippen molar-refractivity contribution in [2.75, 3.05) is 7.05 Å². The molecular formula is C31H33FN4O2. The van der Waals surface area contributed by atoms with Crippen LogP contribution in [0.1, 0.15) is 71.7 Å². The number of rotatable bonds is 6. The maximum Gasteiger partial charge on any atom is 0.256 e. The highest BCUT2D eigenvalue weighted by molar-refractivity contribution is 5.99. The van der Waals surface area contributed by atoms with Crippen molar-refractivity contribution in [1.29, 1.82) is 0 Å². The topological polar surface area (TPSA) is 67.2 Å². The highest BCUT2D eigenvalue weighted by Crippen LogP contribution is 2.39. The molecule has 5 rings (SSSR count). The Bertz CT molecular complexity index is 1460. The molecule has 2 amide bonds. The van der Waals surface area contributed by atoms with Crippen molar-refractivity contribution < 1.29 is 14.0 Å². The van der Waals surface area contributed by atoms with Crippen LogP contribution in [0.5, 0.6) is 0 Å². The van der Waals surface area contributed by atoms with Gasteiger partial charge in [-0.2, -0.15) is 0 Å². The molecule has 1 aliphatic carbocycles. The average molecular weight is 513 g/mol. The van der Waals surface area contributed by atoms with Crippen LogP contribution in [0.2, 0.25) is 0 Å². The summed E-state index contributed by atoms with van der Waals surface area (Å²) in [4.78, 5) is 31.9. The van der Waals surface area contributed by atoms with Gasteiger partial charge in [0.25, 0.3) is 11.8 Å².